The zero-order chi connectivity index (χ0) is 39.7. The molecule has 14 nitrogen and oxygen atoms in total. The SMILES string of the molecule is [C-]#[N+]C1=C(N(C)C)N(c2ccc([N+](=O)[O-])cc2)c2c(n(C)c3ccccc23)/C1=C1\C(C#N)=C(N(C)C)N(c2ccc([N+](=O)[O-])cc2)c2c1n(C)c1ccccc21. The van der Waals surface area contributed by atoms with Crippen molar-refractivity contribution in [3.05, 3.63) is 163 Å². The maximum absolute atomic E-state index is 11.7. The molecule has 0 aliphatic carbocycles. The van der Waals surface area contributed by atoms with Crippen LogP contribution in [0.2, 0.25) is 0 Å². The van der Waals surface area contributed by atoms with Gasteiger partial charge in [0.05, 0.1) is 50.2 Å². The summed E-state index contributed by atoms with van der Waals surface area (Å²) in [4.78, 5) is 34.4. The number of para-hydroxylation sites is 2. The fourth-order valence-electron chi connectivity index (χ4n) is 8.13. The average Bonchev–Trinajstić information content (AvgIpc) is 3.66. The maximum Gasteiger partial charge on any atom is 0.269 e. The van der Waals surface area contributed by atoms with Gasteiger partial charge in [0.1, 0.15) is 23.3 Å². The molecule has 2 aliphatic heterocycles. The third-order valence-electron chi connectivity index (χ3n) is 10.4. The lowest BCUT2D eigenvalue weighted by molar-refractivity contribution is -0.385. The van der Waals surface area contributed by atoms with Crippen LogP contribution >= 0.6 is 0 Å². The molecule has 4 aromatic carbocycles. The number of nitro benzene ring substituents is 2. The fourth-order valence-corrected chi connectivity index (χ4v) is 8.13. The van der Waals surface area contributed by atoms with E-state index in [0.717, 1.165) is 33.2 Å². The van der Waals surface area contributed by atoms with Crippen LogP contribution in [0.1, 0.15) is 11.4 Å². The van der Waals surface area contributed by atoms with Crippen molar-refractivity contribution in [2.75, 3.05) is 38.0 Å². The molecule has 4 heterocycles. The molecule has 0 unspecified atom stereocenters. The first-order chi connectivity index (χ1) is 26.9. The number of rotatable bonds is 6. The van der Waals surface area contributed by atoms with E-state index in [1.807, 2.05) is 120 Å². The van der Waals surface area contributed by atoms with E-state index in [-0.39, 0.29) is 17.1 Å². The molecular formula is C42H34N10O4. The van der Waals surface area contributed by atoms with Crippen molar-refractivity contribution in [3.63, 3.8) is 0 Å². The molecule has 0 saturated carbocycles. The molecule has 6 aromatic rings. The van der Waals surface area contributed by atoms with Crippen molar-refractivity contribution in [3.8, 4) is 6.07 Å². The quantitative estimate of drug-likeness (QED) is 0.0933. The zero-order valence-electron chi connectivity index (χ0n) is 31.3. The lowest BCUT2D eigenvalue weighted by Gasteiger charge is -2.40. The molecule has 0 fully saturated rings. The van der Waals surface area contributed by atoms with Crippen LogP contribution in [0.3, 0.4) is 0 Å². The van der Waals surface area contributed by atoms with Gasteiger partial charge in [0.2, 0.25) is 5.70 Å². The minimum atomic E-state index is -0.444. The van der Waals surface area contributed by atoms with Crippen LogP contribution in [0.15, 0.2) is 120 Å². The molecule has 0 N–H and O–H groups in total. The Labute approximate surface area is 321 Å². The van der Waals surface area contributed by atoms with Gasteiger partial charge in [-0.25, -0.2) is 4.85 Å². The molecule has 276 valence electrons. The molecular weight excluding hydrogens is 709 g/mol. The Kier molecular flexibility index (Phi) is 8.13. The third-order valence-corrected chi connectivity index (χ3v) is 10.4. The Hall–Kier alpha value is -7.84. The van der Waals surface area contributed by atoms with Crippen LogP contribution in [0.4, 0.5) is 34.1 Å². The molecule has 0 atom stereocenters. The number of benzene rings is 4. The number of nitro groups is 2. The third kappa shape index (κ3) is 4.93. The molecule has 56 heavy (non-hydrogen) atoms. The summed E-state index contributed by atoms with van der Waals surface area (Å²) in [5, 5.41) is 36.5. The summed E-state index contributed by atoms with van der Waals surface area (Å²) in [5.41, 5.74) is 7.37. The van der Waals surface area contributed by atoms with Crippen molar-refractivity contribution < 1.29 is 9.85 Å². The summed E-state index contributed by atoms with van der Waals surface area (Å²) in [7, 11) is 11.3. The number of aromatic nitrogens is 2. The van der Waals surface area contributed by atoms with Crippen molar-refractivity contribution in [1.29, 1.82) is 5.26 Å². The molecule has 0 amide bonds. The van der Waals surface area contributed by atoms with Crippen molar-refractivity contribution in [2.45, 2.75) is 0 Å². The van der Waals surface area contributed by atoms with Gasteiger partial charge in [-0.3, -0.25) is 25.1 Å². The van der Waals surface area contributed by atoms with Crippen molar-refractivity contribution >= 4 is 67.1 Å². The van der Waals surface area contributed by atoms with E-state index < -0.39 is 9.85 Å². The normalized spacial score (nSPS) is 15.1. The minimum Gasteiger partial charge on any atom is -0.373 e. The van der Waals surface area contributed by atoms with Gasteiger partial charge in [0, 0.05) is 99.8 Å². The molecule has 0 bridgehead atoms. The first kappa shape index (κ1) is 35.2. The number of anilines is 4. The summed E-state index contributed by atoms with van der Waals surface area (Å²) in [6.45, 7) is 8.89. The van der Waals surface area contributed by atoms with E-state index in [1.165, 1.54) is 24.3 Å². The number of allylic oxidation sites excluding steroid dienone is 3. The number of nitrogens with zero attached hydrogens (tertiary/aromatic N) is 10. The summed E-state index contributed by atoms with van der Waals surface area (Å²) in [5.74, 6) is 1.03. The lowest BCUT2D eigenvalue weighted by Crippen LogP contribution is -2.34. The van der Waals surface area contributed by atoms with E-state index in [0.29, 0.717) is 51.1 Å². The standard InChI is InChI=1S/C42H34N10O4/c1-44-36-35(40-38(30-13-9-11-15-33(30)48(40)7)50(42(36)46(4)5)26-18-22-28(23-19-26)52(55)56)34-31(24-43)41(45(2)3)49(25-16-20-27(21-17-25)51(53)54)37-29-12-8-10-14-32(29)47(6)39(34)37/h8-23H,2-7H3/b35-34+. The molecule has 0 saturated heterocycles. The van der Waals surface area contributed by atoms with Gasteiger partial charge in [-0.1, -0.05) is 36.4 Å². The number of fused-ring (bicyclic) bond motifs is 6. The van der Waals surface area contributed by atoms with Crippen LogP contribution < -0.4 is 9.80 Å². The Morgan fingerprint density at radius 2 is 1.05 bits per heavy atom. The Morgan fingerprint density at radius 1 is 0.643 bits per heavy atom. The van der Waals surface area contributed by atoms with E-state index in [1.54, 1.807) is 24.3 Å². The van der Waals surface area contributed by atoms with Gasteiger partial charge >= 0.3 is 0 Å². The van der Waals surface area contributed by atoms with Gasteiger partial charge in [-0.2, -0.15) is 5.26 Å². The van der Waals surface area contributed by atoms with E-state index in [2.05, 4.69) is 10.9 Å². The highest BCUT2D eigenvalue weighted by Gasteiger charge is 2.43. The molecule has 0 radical (unpaired) electrons. The van der Waals surface area contributed by atoms with E-state index in [4.69, 9.17) is 6.57 Å². The summed E-state index contributed by atoms with van der Waals surface area (Å²) < 4.78 is 4.08. The van der Waals surface area contributed by atoms with Gasteiger partial charge in [0.25, 0.3) is 11.4 Å². The Bertz CT molecular complexity index is 2670. The first-order valence-electron chi connectivity index (χ1n) is 17.5. The number of aryl methyl sites for hydroxylation is 2. The largest absolute Gasteiger partial charge is 0.373 e. The monoisotopic (exact) mass is 742 g/mol. The smallest absolute Gasteiger partial charge is 0.269 e. The number of hydrogen-bond donors (Lipinski definition) is 0. The minimum absolute atomic E-state index is 0.0596. The lowest BCUT2D eigenvalue weighted by atomic mass is 9.86. The van der Waals surface area contributed by atoms with E-state index in [9.17, 15) is 25.5 Å². The van der Waals surface area contributed by atoms with Crippen LogP contribution in [0.5, 0.6) is 0 Å². The number of nitriles is 1. The fraction of sp³-hybridized carbons (Fsp3) is 0.143. The van der Waals surface area contributed by atoms with E-state index >= 15 is 0 Å². The zero-order valence-corrected chi connectivity index (χ0v) is 31.3. The van der Waals surface area contributed by atoms with Crippen molar-refractivity contribution in [2.24, 2.45) is 14.1 Å². The first-order valence-corrected chi connectivity index (χ1v) is 17.5. The topological polar surface area (TPSA) is 137 Å². The van der Waals surface area contributed by atoms with Crippen LogP contribution in [0.25, 0.3) is 37.8 Å². The summed E-state index contributed by atoms with van der Waals surface area (Å²) >= 11 is 0. The van der Waals surface area contributed by atoms with Crippen LogP contribution in [-0.2, 0) is 14.1 Å². The average molecular weight is 743 g/mol. The van der Waals surface area contributed by atoms with Gasteiger partial charge in [0.15, 0.2) is 0 Å². The molecule has 8 rings (SSSR count). The highest BCUT2D eigenvalue weighted by molar-refractivity contribution is 6.20. The molecule has 2 aromatic heterocycles. The van der Waals surface area contributed by atoms with Crippen molar-refractivity contribution in [1.82, 2.24) is 18.9 Å². The number of hydrogen-bond acceptors (Lipinski definition) is 9. The molecule has 14 heteroatoms. The number of non-ortho nitro benzene ring substituents is 2. The predicted molar refractivity (Wildman–Crippen MR) is 217 cm³/mol. The second-order valence-electron chi connectivity index (χ2n) is 13.9. The maximum atomic E-state index is 11.7. The Morgan fingerprint density at radius 3 is 1.45 bits per heavy atom. The predicted octanol–water partition coefficient (Wildman–Crippen LogP) is 8.65. The molecule has 0 spiro atoms. The highest BCUT2D eigenvalue weighted by Crippen LogP contribution is 2.57. The van der Waals surface area contributed by atoms with Gasteiger partial charge in [-0.05, 0) is 36.4 Å². The summed E-state index contributed by atoms with van der Waals surface area (Å²) in [6.07, 6.45) is 0. The second kappa shape index (κ2) is 12.9. The second-order valence-corrected chi connectivity index (χ2v) is 13.9. The van der Waals surface area contributed by atoms with Gasteiger partial charge in [-0.15, -0.1) is 0 Å². The van der Waals surface area contributed by atoms with Gasteiger partial charge < -0.3 is 23.8 Å². The molecule has 2 aliphatic rings. The van der Waals surface area contributed by atoms with Crippen LogP contribution in [0, 0.1) is 38.1 Å². The highest BCUT2D eigenvalue weighted by atomic mass is 16.6. The van der Waals surface area contributed by atoms with Crippen LogP contribution in [-0.4, -0.2) is 57.0 Å². The Balaban J connectivity index is 1.60. The summed E-state index contributed by atoms with van der Waals surface area (Å²) in [6, 6.07) is 30.9.